The van der Waals surface area contributed by atoms with E-state index in [9.17, 15) is 4.79 Å². The molecule has 1 aliphatic rings. The van der Waals surface area contributed by atoms with Crippen molar-refractivity contribution in [1.82, 2.24) is 0 Å². The van der Waals surface area contributed by atoms with Crippen LogP contribution in [0.3, 0.4) is 0 Å². The molecule has 0 radical (unpaired) electrons. The number of hydrogen-bond acceptors (Lipinski definition) is 3. The molecule has 0 spiro atoms. The molecule has 0 unspecified atom stereocenters. The number of rotatable bonds is 5. The van der Waals surface area contributed by atoms with Crippen LogP contribution in [-0.4, -0.2) is 24.6 Å². The van der Waals surface area contributed by atoms with Crippen LogP contribution in [0.15, 0.2) is 53.4 Å². The maximum atomic E-state index is 12.5. The number of thioether (sulfide) groups is 1. The molecule has 0 aromatic heterocycles. The van der Waals surface area contributed by atoms with Gasteiger partial charge in [0, 0.05) is 22.7 Å². The van der Waals surface area contributed by atoms with Gasteiger partial charge in [0.05, 0.1) is 6.54 Å². The molecule has 0 saturated carbocycles. The Morgan fingerprint density at radius 2 is 1.91 bits per heavy atom. The van der Waals surface area contributed by atoms with E-state index in [0.717, 1.165) is 30.7 Å². The van der Waals surface area contributed by atoms with Gasteiger partial charge in [-0.2, -0.15) is 0 Å². The smallest absolute Gasteiger partial charge is 0.182 e. The van der Waals surface area contributed by atoms with Crippen LogP contribution in [0.2, 0.25) is 0 Å². The van der Waals surface area contributed by atoms with Gasteiger partial charge in [-0.05, 0) is 42.4 Å². The fourth-order valence-corrected chi connectivity index (χ4v) is 3.61. The van der Waals surface area contributed by atoms with E-state index in [0.29, 0.717) is 6.54 Å². The third-order valence-corrected chi connectivity index (χ3v) is 4.92. The highest BCUT2D eigenvalue weighted by atomic mass is 32.2. The first kappa shape index (κ1) is 15.2. The maximum Gasteiger partial charge on any atom is 0.182 e. The second-order valence-corrected chi connectivity index (χ2v) is 6.87. The van der Waals surface area contributed by atoms with Crippen molar-refractivity contribution >= 4 is 23.2 Å². The van der Waals surface area contributed by atoms with Crippen LogP contribution in [0.25, 0.3) is 0 Å². The van der Waals surface area contributed by atoms with E-state index in [4.69, 9.17) is 0 Å². The number of aryl methyl sites for hydroxylation is 1. The maximum absolute atomic E-state index is 12.5. The number of benzene rings is 2. The van der Waals surface area contributed by atoms with Gasteiger partial charge in [-0.25, -0.2) is 0 Å². The van der Waals surface area contributed by atoms with Crippen LogP contribution in [0.5, 0.6) is 0 Å². The average Bonchev–Trinajstić information content (AvgIpc) is 2.56. The van der Waals surface area contributed by atoms with E-state index in [1.54, 1.807) is 11.8 Å². The Bertz CT molecular complexity index is 651. The normalized spacial score (nSPS) is 13.8. The van der Waals surface area contributed by atoms with Crippen LogP contribution in [0.4, 0.5) is 5.69 Å². The fourth-order valence-electron chi connectivity index (χ4n) is 2.94. The van der Waals surface area contributed by atoms with E-state index >= 15 is 0 Å². The lowest BCUT2D eigenvalue weighted by Crippen LogP contribution is -2.34. The summed E-state index contributed by atoms with van der Waals surface area (Å²) >= 11 is 1.80. The first-order chi connectivity index (χ1) is 10.8. The molecule has 0 bridgehead atoms. The second-order valence-electron chi connectivity index (χ2n) is 5.53. The van der Waals surface area contributed by atoms with Crippen molar-refractivity contribution in [1.29, 1.82) is 0 Å². The SMILES string of the molecule is CCSc1ccc(C(=O)CN2CCCc3ccccc32)cc1. The summed E-state index contributed by atoms with van der Waals surface area (Å²) in [6.07, 6.45) is 2.24. The molecular formula is C19H21NOS. The molecule has 2 aromatic rings. The van der Waals surface area contributed by atoms with E-state index in [1.807, 2.05) is 24.3 Å². The van der Waals surface area contributed by atoms with E-state index in [-0.39, 0.29) is 5.78 Å². The van der Waals surface area contributed by atoms with Crippen LogP contribution < -0.4 is 4.90 Å². The molecular weight excluding hydrogens is 290 g/mol. The summed E-state index contributed by atoms with van der Waals surface area (Å²) < 4.78 is 0. The van der Waals surface area contributed by atoms with E-state index < -0.39 is 0 Å². The van der Waals surface area contributed by atoms with Gasteiger partial charge in [-0.3, -0.25) is 4.79 Å². The van der Waals surface area contributed by atoms with E-state index in [1.165, 1.54) is 16.1 Å². The van der Waals surface area contributed by atoms with Crippen molar-refractivity contribution in [2.45, 2.75) is 24.7 Å². The van der Waals surface area contributed by atoms with Crippen molar-refractivity contribution in [2.24, 2.45) is 0 Å². The second kappa shape index (κ2) is 7.01. The summed E-state index contributed by atoms with van der Waals surface area (Å²) in [4.78, 5) is 16.0. The minimum absolute atomic E-state index is 0.199. The Hall–Kier alpha value is -1.74. The van der Waals surface area contributed by atoms with Crippen molar-refractivity contribution in [3.8, 4) is 0 Å². The van der Waals surface area contributed by atoms with Gasteiger partial charge in [0.15, 0.2) is 5.78 Å². The topological polar surface area (TPSA) is 20.3 Å². The molecule has 3 heteroatoms. The summed E-state index contributed by atoms with van der Waals surface area (Å²) in [5, 5.41) is 0. The highest BCUT2D eigenvalue weighted by Crippen LogP contribution is 2.27. The zero-order chi connectivity index (χ0) is 15.4. The number of anilines is 1. The number of carbonyl (C=O) groups excluding carboxylic acids is 1. The van der Waals surface area contributed by atoms with Gasteiger partial charge in [0.25, 0.3) is 0 Å². The van der Waals surface area contributed by atoms with Crippen molar-refractivity contribution in [2.75, 3.05) is 23.7 Å². The largest absolute Gasteiger partial charge is 0.364 e. The zero-order valence-corrected chi connectivity index (χ0v) is 13.7. The number of nitrogens with zero attached hydrogens (tertiary/aromatic N) is 1. The summed E-state index contributed by atoms with van der Waals surface area (Å²) in [5.74, 6) is 1.25. The monoisotopic (exact) mass is 311 g/mol. The average molecular weight is 311 g/mol. The van der Waals surface area contributed by atoms with Crippen LogP contribution in [0.1, 0.15) is 29.3 Å². The molecule has 1 heterocycles. The number of para-hydroxylation sites is 1. The Kier molecular flexibility index (Phi) is 4.84. The van der Waals surface area contributed by atoms with Gasteiger partial charge in [0.1, 0.15) is 0 Å². The van der Waals surface area contributed by atoms with Crippen LogP contribution >= 0.6 is 11.8 Å². The fraction of sp³-hybridized carbons (Fsp3) is 0.316. The van der Waals surface area contributed by atoms with Crippen molar-refractivity contribution < 1.29 is 4.79 Å². The third kappa shape index (κ3) is 3.36. The molecule has 3 rings (SSSR count). The predicted octanol–water partition coefficient (Wildman–Crippen LogP) is 4.43. The minimum atomic E-state index is 0.199. The molecule has 22 heavy (non-hydrogen) atoms. The number of ketones is 1. The highest BCUT2D eigenvalue weighted by molar-refractivity contribution is 7.99. The Morgan fingerprint density at radius 3 is 2.68 bits per heavy atom. The Labute approximate surface area is 136 Å². The molecule has 1 aliphatic heterocycles. The standard InChI is InChI=1S/C19H21NOS/c1-2-22-17-11-9-16(10-12-17)19(21)14-20-13-5-7-15-6-3-4-8-18(15)20/h3-4,6,8-12H,2,5,7,13-14H2,1H3. The number of carbonyl (C=O) groups is 1. The number of hydrogen-bond donors (Lipinski definition) is 0. The summed E-state index contributed by atoms with van der Waals surface area (Å²) in [6, 6.07) is 16.4. The Morgan fingerprint density at radius 1 is 1.14 bits per heavy atom. The lowest BCUT2D eigenvalue weighted by Gasteiger charge is -2.30. The molecule has 0 saturated heterocycles. The number of fused-ring (bicyclic) bond motifs is 1. The summed E-state index contributed by atoms with van der Waals surface area (Å²) in [7, 11) is 0. The van der Waals surface area contributed by atoms with Gasteiger partial charge in [-0.15, -0.1) is 11.8 Å². The van der Waals surface area contributed by atoms with Gasteiger partial charge in [0.2, 0.25) is 0 Å². The summed E-state index contributed by atoms with van der Waals surface area (Å²) in [6.45, 7) is 3.57. The summed E-state index contributed by atoms with van der Waals surface area (Å²) in [5.41, 5.74) is 3.39. The minimum Gasteiger partial charge on any atom is -0.364 e. The molecule has 0 atom stereocenters. The first-order valence-corrected chi connectivity index (χ1v) is 8.85. The molecule has 2 nitrogen and oxygen atoms in total. The molecule has 0 fully saturated rings. The van der Waals surface area contributed by atoms with E-state index in [2.05, 4.69) is 36.1 Å². The van der Waals surface area contributed by atoms with Gasteiger partial charge < -0.3 is 4.90 Å². The quantitative estimate of drug-likeness (QED) is 0.601. The van der Waals surface area contributed by atoms with Crippen LogP contribution in [0, 0.1) is 0 Å². The zero-order valence-electron chi connectivity index (χ0n) is 12.9. The molecule has 2 aromatic carbocycles. The van der Waals surface area contributed by atoms with Gasteiger partial charge in [-0.1, -0.05) is 37.3 Å². The predicted molar refractivity (Wildman–Crippen MR) is 94.1 cm³/mol. The Balaban J connectivity index is 1.72. The molecule has 114 valence electrons. The molecule has 0 amide bonds. The van der Waals surface area contributed by atoms with Gasteiger partial charge >= 0.3 is 0 Å². The lowest BCUT2D eigenvalue weighted by atomic mass is 10.0. The first-order valence-electron chi connectivity index (χ1n) is 7.87. The van der Waals surface area contributed by atoms with Crippen LogP contribution in [-0.2, 0) is 6.42 Å². The van der Waals surface area contributed by atoms with Crippen molar-refractivity contribution in [3.05, 3.63) is 59.7 Å². The highest BCUT2D eigenvalue weighted by Gasteiger charge is 2.19. The number of Topliss-reactive ketones (excluding diaryl/α,β-unsaturated/α-hetero) is 1. The molecule has 0 aliphatic carbocycles. The van der Waals surface area contributed by atoms with Crippen molar-refractivity contribution in [3.63, 3.8) is 0 Å². The lowest BCUT2D eigenvalue weighted by molar-refractivity contribution is 0.0998. The molecule has 0 N–H and O–H groups in total. The third-order valence-electron chi connectivity index (χ3n) is 4.03.